The Morgan fingerprint density at radius 2 is 1.97 bits per heavy atom. The Morgan fingerprint density at radius 1 is 1.26 bits per heavy atom. The topological polar surface area (TPSA) is 120 Å². The van der Waals surface area contributed by atoms with E-state index in [0.29, 0.717) is 0 Å². The molecule has 0 saturated heterocycles. The third-order valence-electron chi connectivity index (χ3n) is 10.0. The number of hydrogen-bond donors (Lipinski definition) is 1. The number of aliphatic hydroxyl groups excluding tert-OH is 1. The van der Waals surface area contributed by atoms with Gasteiger partial charge in [0.2, 0.25) is 12.6 Å². The predicted octanol–water partition coefficient (Wildman–Crippen LogP) is 4.01. The highest BCUT2D eigenvalue weighted by Gasteiger charge is 2.77. The van der Waals surface area contributed by atoms with Gasteiger partial charge in [0.1, 0.15) is 17.5 Å². The lowest BCUT2D eigenvalue weighted by Crippen LogP contribution is -2.70. The first-order valence-electron chi connectivity index (χ1n) is 12.8. The van der Waals surface area contributed by atoms with E-state index >= 15 is 8.78 Å². The molecule has 1 aromatic rings. The molecule has 5 rings (SSSR count). The van der Waals surface area contributed by atoms with E-state index < -0.39 is 86.6 Å². The average Bonchev–Trinajstić information content (AvgIpc) is 3.45. The number of carbonyl (C=O) groups excluding carboxylic acids is 2. The molecule has 8 nitrogen and oxygen atoms in total. The fourth-order valence-electron chi connectivity index (χ4n) is 8.14. The Labute approximate surface area is 224 Å². The van der Waals surface area contributed by atoms with E-state index in [-0.39, 0.29) is 30.6 Å². The minimum Gasteiger partial charge on any atom is -0.457 e. The highest BCUT2D eigenvalue weighted by molar-refractivity contribution is 7.86. The third kappa shape index (κ3) is 3.81. The number of aliphatic hydroxyl groups is 1. The van der Waals surface area contributed by atoms with Crippen LogP contribution in [-0.4, -0.2) is 61.4 Å². The van der Waals surface area contributed by atoms with E-state index in [9.17, 15) is 27.5 Å². The van der Waals surface area contributed by atoms with Gasteiger partial charge in [0.25, 0.3) is 10.1 Å². The lowest BCUT2D eigenvalue weighted by molar-refractivity contribution is -0.221. The van der Waals surface area contributed by atoms with Gasteiger partial charge < -0.3 is 14.3 Å². The van der Waals surface area contributed by atoms with Gasteiger partial charge in [-0.25, -0.2) is 22.1 Å². The summed E-state index contributed by atoms with van der Waals surface area (Å²) in [5, 5.41) is 11.5. The van der Waals surface area contributed by atoms with Crippen LogP contribution in [0, 0.1) is 28.6 Å². The molecule has 3 fully saturated rings. The molecular formula is C27H31F3O8S. The highest BCUT2D eigenvalue weighted by Crippen LogP contribution is 2.71. The van der Waals surface area contributed by atoms with E-state index in [1.807, 2.05) is 0 Å². The fraction of sp³-hybridized carbons (Fsp3) is 0.630. The molecule has 0 radical (unpaired) electrons. The standard InChI is InChI=1S/C27H31F3O8S/c1-15-9-17-18-11-20(29)19-10-16(31)6-7-24(19,2)27(18,30)22(32)12-25(17,3)26(15,13-39(34,35)37-14-28)38-23(33)21-5-4-8-36-21/h4-8,10,15,17-18,20,22,32H,9,11-14H2,1-3H3/t15?,17-,18-,20?,22?,24-,25-,26?,27-/m0/s1. The number of ether oxygens (including phenoxy) is 1. The summed E-state index contributed by atoms with van der Waals surface area (Å²) < 4.78 is 87.3. The number of ketones is 1. The molecule has 4 aliphatic rings. The monoisotopic (exact) mass is 572 g/mol. The molecule has 0 aromatic carbocycles. The first kappa shape index (κ1) is 28.1. The van der Waals surface area contributed by atoms with Crippen molar-refractivity contribution in [3.63, 3.8) is 0 Å². The van der Waals surface area contributed by atoms with E-state index in [4.69, 9.17) is 9.15 Å². The van der Waals surface area contributed by atoms with E-state index in [2.05, 4.69) is 4.18 Å². The van der Waals surface area contributed by atoms with Crippen LogP contribution in [0.1, 0.15) is 50.6 Å². The van der Waals surface area contributed by atoms with Crippen LogP contribution in [0.5, 0.6) is 0 Å². The Bertz CT molecular complexity index is 1340. The number of hydrogen-bond acceptors (Lipinski definition) is 8. The second-order valence-electron chi connectivity index (χ2n) is 11.7. The van der Waals surface area contributed by atoms with E-state index in [1.165, 1.54) is 31.4 Å². The van der Waals surface area contributed by atoms with Crippen LogP contribution in [0.25, 0.3) is 0 Å². The summed E-state index contributed by atoms with van der Waals surface area (Å²) in [5.41, 5.74) is -7.38. The second kappa shape index (κ2) is 9.04. The van der Waals surface area contributed by atoms with Crippen molar-refractivity contribution in [3.8, 4) is 0 Å². The van der Waals surface area contributed by atoms with E-state index in [1.54, 1.807) is 13.8 Å². The molecule has 214 valence electrons. The van der Waals surface area contributed by atoms with Crippen molar-refractivity contribution in [2.75, 3.05) is 12.6 Å². The summed E-state index contributed by atoms with van der Waals surface area (Å²) in [5.74, 6) is -5.27. The van der Waals surface area contributed by atoms with Crippen molar-refractivity contribution in [3.05, 3.63) is 48.0 Å². The molecule has 0 spiro atoms. The summed E-state index contributed by atoms with van der Waals surface area (Å²) in [4.78, 5) is 25.2. The number of alkyl halides is 3. The first-order chi connectivity index (χ1) is 18.1. The molecule has 12 heteroatoms. The molecule has 1 N–H and O–H groups in total. The number of halogens is 3. The van der Waals surface area contributed by atoms with Crippen LogP contribution in [0.4, 0.5) is 13.2 Å². The quantitative estimate of drug-likeness (QED) is 0.401. The maximum Gasteiger partial charge on any atom is 0.374 e. The number of furan rings is 1. The molecule has 4 aliphatic carbocycles. The molecule has 39 heavy (non-hydrogen) atoms. The van der Waals surface area contributed by atoms with Crippen molar-refractivity contribution >= 4 is 21.9 Å². The van der Waals surface area contributed by atoms with Gasteiger partial charge in [-0.3, -0.25) is 4.79 Å². The van der Waals surface area contributed by atoms with Crippen molar-refractivity contribution in [2.24, 2.45) is 28.6 Å². The smallest absolute Gasteiger partial charge is 0.374 e. The zero-order chi connectivity index (χ0) is 28.6. The molecule has 0 aliphatic heterocycles. The zero-order valence-electron chi connectivity index (χ0n) is 21.7. The summed E-state index contributed by atoms with van der Waals surface area (Å²) >= 11 is 0. The van der Waals surface area contributed by atoms with Gasteiger partial charge in [0.05, 0.1) is 12.4 Å². The van der Waals surface area contributed by atoms with Gasteiger partial charge in [-0.1, -0.05) is 19.9 Å². The lowest BCUT2D eigenvalue weighted by atomic mass is 9.44. The SMILES string of the molecule is CC1C[C@H]2[C@@H]3CC(F)C4=CC(=O)C=C[C@]4(C)[C@@]3(F)C(O)C[C@]2(C)C1(CS(=O)(=O)OCF)OC(=O)c1ccco1. The Hall–Kier alpha value is -2.44. The van der Waals surface area contributed by atoms with Gasteiger partial charge in [-0.05, 0) is 67.9 Å². The largest absolute Gasteiger partial charge is 0.457 e. The van der Waals surface area contributed by atoms with E-state index in [0.717, 1.165) is 12.2 Å². The van der Waals surface area contributed by atoms with Crippen molar-refractivity contribution in [2.45, 2.75) is 63.6 Å². The Balaban J connectivity index is 1.64. The second-order valence-corrected chi connectivity index (χ2v) is 13.3. The van der Waals surface area contributed by atoms with Crippen LogP contribution in [0.3, 0.4) is 0 Å². The normalized spacial score (nSPS) is 43.3. The maximum absolute atomic E-state index is 17.4. The van der Waals surface area contributed by atoms with Gasteiger partial charge in [0, 0.05) is 16.7 Å². The number of carbonyl (C=O) groups is 2. The van der Waals surface area contributed by atoms with Crippen molar-refractivity contribution < 1.29 is 49.6 Å². The van der Waals surface area contributed by atoms with Crippen molar-refractivity contribution in [1.82, 2.24) is 0 Å². The van der Waals surface area contributed by atoms with Crippen LogP contribution < -0.4 is 0 Å². The summed E-state index contributed by atoms with van der Waals surface area (Å²) in [7, 11) is -4.61. The number of allylic oxidation sites excluding steroid dienone is 4. The number of rotatable bonds is 6. The molecule has 9 atom stereocenters. The lowest BCUT2D eigenvalue weighted by Gasteiger charge is -2.63. The van der Waals surface area contributed by atoms with Gasteiger partial charge in [-0.15, -0.1) is 0 Å². The van der Waals surface area contributed by atoms with Crippen LogP contribution in [0.15, 0.2) is 46.6 Å². The molecule has 3 saturated carbocycles. The van der Waals surface area contributed by atoms with Gasteiger partial charge in [-0.2, -0.15) is 8.42 Å². The molecule has 0 bridgehead atoms. The Morgan fingerprint density at radius 3 is 2.62 bits per heavy atom. The van der Waals surface area contributed by atoms with Gasteiger partial charge >= 0.3 is 5.97 Å². The first-order valence-corrected chi connectivity index (χ1v) is 14.4. The van der Waals surface area contributed by atoms with Crippen LogP contribution >= 0.6 is 0 Å². The summed E-state index contributed by atoms with van der Waals surface area (Å²) in [6.45, 7) is 3.03. The Kier molecular flexibility index (Phi) is 6.51. The summed E-state index contributed by atoms with van der Waals surface area (Å²) in [6.07, 6.45) is 0.740. The molecule has 1 heterocycles. The minimum atomic E-state index is -4.61. The third-order valence-corrected chi connectivity index (χ3v) is 11.2. The molecule has 4 unspecified atom stereocenters. The zero-order valence-corrected chi connectivity index (χ0v) is 22.5. The average molecular weight is 573 g/mol. The molecule has 1 aromatic heterocycles. The molecular weight excluding hydrogens is 541 g/mol. The fourth-order valence-corrected chi connectivity index (χ4v) is 9.56. The number of esters is 1. The minimum absolute atomic E-state index is 0.0446. The predicted molar refractivity (Wildman–Crippen MR) is 131 cm³/mol. The van der Waals surface area contributed by atoms with Crippen LogP contribution in [-0.2, 0) is 23.8 Å². The maximum atomic E-state index is 17.4. The van der Waals surface area contributed by atoms with Crippen molar-refractivity contribution in [1.29, 1.82) is 0 Å². The van der Waals surface area contributed by atoms with Gasteiger partial charge in [0.15, 0.2) is 11.5 Å². The van der Waals surface area contributed by atoms with Crippen LogP contribution in [0.2, 0.25) is 0 Å². The molecule has 0 amide bonds. The number of fused-ring (bicyclic) bond motifs is 5. The highest BCUT2D eigenvalue weighted by atomic mass is 32.2. The summed E-state index contributed by atoms with van der Waals surface area (Å²) in [6, 6.07) is 2.76.